The Balaban J connectivity index is 1.38. The van der Waals surface area contributed by atoms with Gasteiger partial charge in [-0.1, -0.05) is 0 Å². The van der Waals surface area contributed by atoms with Gasteiger partial charge in [-0.2, -0.15) is 0 Å². The Kier molecular flexibility index (Phi) is 6.26. The van der Waals surface area contributed by atoms with Crippen molar-refractivity contribution in [1.29, 1.82) is 0 Å². The van der Waals surface area contributed by atoms with Crippen LogP contribution in [0.25, 0.3) is 0 Å². The maximum absolute atomic E-state index is 12.9. The van der Waals surface area contributed by atoms with Gasteiger partial charge in [0.05, 0.1) is 4.90 Å². The SMILES string of the molecule is O=C(CCNS(=O)(=O)c1ccc(F)cc1)N1CCC(NCC2CC2)CC1. The molecule has 1 saturated carbocycles. The van der Waals surface area contributed by atoms with Gasteiger partial charge in [0.15, 0.2) is 0 Å². The fraction of sp³-hybridized carbons (Fsp3) is 0.611. The summed E-state index contributed by atoms with van der Waals surface area (Å²) >= 11 is 0. The third-order valence-corrected chi connectivity index (χ3v) is 6.47. The highest BCUT2D eigenvalue weighted by Crippen LogP contribution is 2.28. The average Bonchev–Trinajstić information content (AvgIpc) is 3.45. The Bertz CT molecular complexity index is 712. The summed E-state index contributed by atoms with van der Waals surface area (Å²) in [5.74, 6) is 0.324. The molecule has 0 aromatic heterocycles. The molecule has 2 N–H and O–H groups in total. The van der Waals surface area contributed by atoms with Crippen molar-refractivity contribution < 1.29 is 17.6 Å². The number of nitrogens with zero attached hydrogens (tertiary/aromatic N) is 1. The van der Waals surface area contributed by atoms with Gasteiger partial charge in [0.2, 0.25) is 15.9 Å². The zero-order valence-electron chi connectivity index (χ0n) is 14.8. The molecule has 2 aliphatic rings. The van der Waals surface area contributed by atoms with Crippen molar-refractivity contribution in [1.82, 2.24) is 14.9 Å². The molecule has 1 aliphatic heterocycles. The van der Waals surface area contributed by atoms with Gasteiger partial charge in [-0.25, -0.2) is 17.5 Å². The molecular formula is C18H26FN3O3S. The van der Waals surface area contributed by atoms with E-state index < -0.39 is 15.8 Å². The standard InChI is InChI=1S/C18H26FN3O3S/c19-15-3-5-17(6-4-15)26(24,25)21-10-7-18(23)22-11-8-16(9-12-22)20-13-14-1-2-14/h3-6,14,16,20-21H,1-2,7-13H2. The van der Waals surface area contributed by atoms with Crippen molar-refractivity contribution in [3.8, 4) is 0 Å². The van der Waals surface area contributed by atoms with Crippen molar-refractivity contribution in [2.24, 2.45) is 5.92 Å². The highest BCUT2D eigenvalue weighted by atomic mass is 32.2. The van der Waals surface area contributed by atoms with Crippen molar-refractivity contribution in [3.63, 3.8) is 0 Å². The number of nitrogens with one attached hydrogen (secondary N) is 2. The summed E-state index contributed by atoms with van der Waals surface area (Å²) in [4.78, 5) is 14.1. The lowest BCUT2D eigenvalue weighted by Gasteiger charge is -2.32. The average molecular weight is 383 g/mol. The van der Waals surface area contributed by atoms with Crippen molar-refractivity contribution in [3.05, 3.63) is 30.1 Å². The molecule has 1 aromatic rings. The van der Waals surface area contributed by atoms with Crippen molar-refractivity contribution in [2.45, 2.75) is 43.0 Å². The van der Waals surface area contributed by atoms with Crippen molar-refractivity contribution in [2.75, 3.05) is 26.2 Å². The first-order valence-electron chi connectivity index (χ1n) is 9.20. The minimum Gasteiger partial charge on any atom is -0.343 e. The zero-order chi connectivity index (χ0) is 18.6. The Morgan fingerprint density at radius 2 is 1.77 bits per heavy atom. The second-order valence-corrected chi connectivity index (χ2v) is 8.88. The maximum atomic E-state index is 12.9. The molecule has 0 bridgehead atoms. The van der Waals surface area contributed by atoms with E-state index in [0.717, 1.165) is 37.4 Å². The molecule has 1 heterocycles. The molecule has 144 valence electrons. The van der Waals surface area contributed by atoms with E-state index in [0.29, 0.717) is 19.1 Å². The molecule has 1 aromatic carbocycles. The van der Waals surface area contributed by atoms with E-state index in [1.165, 1.54) is 25.0 Å². The second-order valence-electron chi connectivity index (χ2n) is 7.11. The summed E-state index contributed by atoms with van der Waals surface area (Å²) in [5, 5.41) is 3.57. The smallest absolute Gasteiger partial charge is 0.240 e. The van der Waals surface area contributed by atoms with Crippen LogP contribution < -0.4 is 10.0 Å². The minimum atomic E-state index is -3.72. The lowest BCUT2D eigenvalue weighted by molar-refractivity contribution is -0.132. The van der Waals surface area contributed by atoms with Crippen LogP contribution in [-0.4, -0.2) is 51.4 Å². The van der Waals surface area contributed by atoms with Crippen LogP contribution in [0.5, 0.6) is 0 Å². The quantitative estimate of drug-likeness (QED) is 0.713. The number of likely N-dealkylation sites (tertiary alicyclic amines) is 1. The maximum Gasteiger partial charge on any atom is 0.240 e. The normalized spacial score (nSPS) is 18.9. The predicted octanol–water partition coefficient (Wildman–Crippen LogP) is 1.48. The fourth-order valence-electron chi connectivity index (χ4n) is 3.14. The largest absolute Gasteiger partial charge is 0.343 e. The molecule has 1 amide bonds. The number of rotatable bonds is 8. The number of carbonyl (C=O) groups is 1. The Morgan fingerprint density at radius 3 is 2.38 bits per heavy atom. The first-order valence-corrected chi connectivity index (χ1v) is 10.7. The molecule has 0 spiro atoms. The van der Waals surface area contributed by atoms with E-state index in [9.17, 15) is 17.6 Å². The van der Waals surface area contributed by atoms with E-state index in [4.69, 9.17) is 0 Å². The molecule has 8 heteroatoms. The third kappa shape index (κ3) is 5.49. The molecule has 0 radical (unpaired) electrons. The van der Waals surface area contributed by atoms with E-state index in [1.54, 1.807) is 0 Å². The summed E-state index contributed by atoms with van der Waals surface area (Å²) in [7, 11) is -3.72. The Morgan fingerprint density at radius 1 is 1.12 bits per heavy atom. The lowest BCUT2D eigenvalue weighted by Crippen LogP contribution is -2.46. The van der Waals surface area contributed by atoms with Gasteiger partial charge >= 0.3 is 0 Å². The molecule has 3 rings (SSSR count). The number of benzene rings is 1. The van der Waals surface area contributed by atoms with Gasteiger partial charge in [0.1, 0.15) is 5.82 Å². The number of sulfonamides is 1. The van der Waals surface area contributed by atoms with Gasteiger partial charge in [-0.3, -0.25) is 4.79 Å². The van der Waals surface area contributed by atoms with E-state index in [2.05, 4.69) is 10.0 Å². The number of hydrogen-bond donors (Lipinski definition) is 2. The predicted molar refractivity (Wildman–Crippen MR) is 96.5 cm³/mol. The number of carbonyl (C=O) groups excluding carboxylic acids is 1. The summed E-state index contributed by atoms with van der Waals surface area (Å²) in [6.45, 7) is 2.56. The number of hydrogen-bond acceptors (Lipinski definition) is 4. The molecular weight excluding hydrogens is 357 g/mol. The van der Waals surface area contributed by atoms with Gasteiger partial charge < -0.3 is 10.2 Å². The molecule has 0 unspecified atom stereocenters. The van der Waals surface area contributed by atoms with E-state index >= 15 is 0 Å². The molecule has 0 atom stereocenters. The number of halogens is 1. The van der Waals surface area contributed by atoms with Crippen LogP contribution in [-0.2, 0) is 14.8 Å². The summed E-state index contributed by atoms with van der Waals surface area (Å²) < 4.78 is 39.5. The van der Waals surface area contributed by atoms with E-state index in [1.807, 2.05) is 4.90 Å². The highest BCUT2D eigenvalue weighted by molar-refractivity contribution is 7.89. The molecule has 26 heavy (non-hydrogen) atoms. The van der Waals surface area contributed by atoms with Gasteiger partial charge in [0.25, 0.3) is 0 Å². The van der Waals surface area contributed by atoms with Gasteiger partial charge in [-0.05, 0) is 62.4 Å². The minimum absolute atomic E-state index is 0.00565. The monoisotopic (exact) mass is 383 g/mol. The van der Waals surface area contributed by atoms with E-state index in [-0.39, 0.29) is 23.8 Å². The summed E-state index contributed by atoms with van der Waals surface area (Å²) in [6, 6.07) is 5.09. The first-order chi connectivity index (χ1) is 12.4. The van der Waals surface area contributed by atoms with Crippen LogP contribution in [0.4, 0.5) is 4.39 Å². The Labute approximate surface area is 154 Å². The van der Waals surface area contributed by atoms with Gasteiger partial charge in [-0.15, -0.1) is 0 Å². The van der Waals surface area contributed by atoms with Crippen LogP contribution in [0, 0.1) is 11.7 Å². The molecule has 1 aliphatic carbocycles. The summed E-state index contributed by atoms with van der Waals surface area (Å²) in [5.41, 5.74) is 0. The van der Waals surface area contributed by atoms with Crippen LogP contribution in [0.15, 0.2) is 29.2 Å². The first kappa shape index (κ1) is 19.3. The second kappa shape index (κ2) is 8.45. The van der Waals surface area contributed by atoms with Crippen LogP contribution in [0.3, 0.4) is 0 Å². The third-order valence-electron chi connectivity index (χ3n) is 4.99. The number of piperidine rings is 1. The Hall–Kier alpha value is -1.51. The van der Waals surface area contributed by atoms with Crippen LogP contribution in [0.1, 0.15) is 32.1 Å². The molecule has 1 saturated heterocycles. The van der Waals surface area contributed by atoms with Crippen LogP contribution >= 0.6 is 0 Å². The van der Waals surface area contributed by atoms with Crippen molar-refractivity contribution >= 4 is 15.9 Å². The molecule has 6 nitrogen and oxygen atoms in total. The lowest BCUT2D eigenvalue weighted by atomic mass is 10.0. The topological polar surface area (TPSA) is 78.5 Å². The molecule has 2 fully saturated rings. The number of amides is 1. The fourth-order valence-corrected chi connectivity index (χ4v) is 4.17. The van der Waals surface area contributed by atoms with Gasteiger partial charge in [0, 0.05) is 32.1 Å². The summed E-state index contributed by atoms with van der Waals surface area (Å²) in [6.07, 6.45) is 4.68. The van der Waals surface area contributed by atoms with Crippen LogP contribution in [0.2, 0.25) is 0 Å². The zero-order valence-corrected chi connectivity index (χ0v) is 15.6. The highest BCUT2D eigenvalue weighted by Gasteiger charge is 2.26.